The van der Waals surface area contributed by atoms with Crippen LogP contribution in [0.4, 0.5) is 0 Å². The van der Waals surface area contributed by atoms with E-state index < -0.39 is 39.0 Å². The van der Waals surface area contributed by atoms with Crippen molar-refractivity contribution < 1.29 is 33.8 Å². The zero-order valence-electron chi connectivity index (χ0n) is 11.4. The normalized spacial score (nSPS) is 28.5. The van der Waals surface area contributed by atoms with Gasteiger partial charge in [0.2, 0.25) is 0 Å². The van der Waals surface area contributed by atoms with Gasteiger partial charge in [-0.3, -0.25) is 9.09 Å². The second-order valence-electron chi connectivity index (χ2n) is 4.89. The number of ether oxygens (including phenoxy) is 1. The molecule has 13 heteroatoms. The molecule has 23 heavy (non-hydrogen) atoms. The van der Waals surface area contributed by atoms with Gasteiger partial charge in [-0.25, -0.2) is 14.5 Å². The molecule has 3 heterocycles. The van der Waals surface area contributed by atoms with E-state index in [1.54, 1.807) is 0 Å². The molecule has 126 valence electrons. The summed E-state index contributed by atoms with van der Waals surface area (Å²) >= 11 is 5.03. The third kappa shape index (κ3) is 3.20. The van der Waals surface area contributed by atoms with Crippen LogP contribution in [0, 0.1) is 4.64 Å². The molecule has 2 aromatic heterocycles. The molecule has 2 aromatic rings. The third-order valence-corrected chi connectivity index (χ3v) is 4.18. The van der Waals surface area contributed by atoms with Crippen molar-refractivity contribution in [2.24, 2.45) is 0 Å². The molecule has 1 aliphatic rings. The van der Waals surface area contributed by atoms with Crippen LogP contribution in [0.3, 0.4) is 0 Å². The van der Waals surface area contributed by atoms with Crippen LogP contribution in [0.15, 0.2) is 12.7 Å². The van der Waals surface area contributed by atoms with E-state index in [0.717, 1.165) is 0 Å². The topological polar surface area (TPSA) is 163 Å². The first-order valence-electron chi connectivity index (χ1n) is 6.40. The fourth-order valence-electron chi connectivity index (χ4n) is 2.33. The number of aliphatic hydroxyl groups excluding tert-OH is 2. The second-order valence-corrected chi connectivity index (χ2v) is 6.52. The zero-order valence-corrected chi connectivity index (χ0v) is 13.1. The quantitative estimate of drug-likeness (QED) is 0.343. The predicted molar refractivity (Wildman–Crippen MR) is 76.6 cm³/mol. The van der Waals surface area contributed by atoms with Crippen LogP contribution in [-0.4, -0.2) is 64.4 Å². The highest BCUT2D eigenvalue weighted by Gasteiger charge is 2.45. The van der Waals surface area contributed by atoms with Gasteiger partial charge in [0.15, 0.2) is 10.9 Å². The van der Waals surface area contributed by atoms with Crippen molar-refractivity contribution in [2.75, 3.05) is 6.61 Å². The molecule has 0 aromatic carbocycles. The van der Waals surface area contributed by atoms with Crippen molar-refractivity contribution in [1.29, 1.82) is 0 Å². The fourth-order valence-corrected chi connectivity index (χ4v) is 2.88. The molecule has 1 aliphatic heterocycles. The first kappa shape index (κ1) is 16.6. The van der Waals surface area contributed by atoms with Crippen LogP contribution in [0.2, 0.25) is 0 Å². The summed E-state index contributed by atoms with van der Waals surface area (Å²) in [5.74, 6) is 0. The number of aliphatic hydroxyl groups is 2. The molecule has 0 bridgehead atoms. The molecule has 1 saturated heterocycles. The number of phosphoric ester groups is 1. The number of H-pyrrole nitrogens is 1. The third-order valence-electron chi connectivity index (χ3n) is 3.40. The van der Waals surface area contributed by atoms with E-state index in [1.807, 2.05) is 0 Å². The van der Waals surface area contributed by atoms with E-state index in [0.29, 0.717) is 11.2 Å². The van der Waals surface area contributed by atoms with Crippen molar-refractivity contribution in [3.8, 4) is 0 Å². The summed E-state index contributed by atoms with van der Waals surface area (Å²) in [6, 6.07) is 0. The minimum atomic E-state index is -4.71. The smallest absolute Gasteiger partial charge is 0.387 e. The number of nitrogens with zero attached hydrogens (tertiary/aromatic N) is 3. The van der Waals surface area contributed by atoms with Crippen molar-refractivity contribution in [3.63, 3.8) is 0 Å². The summed E-state index contributed by atoms with van der Waals surface area (Å²) in [6.07, 6.45) is -2.19. The van der Waals surface area contributed by atoms with Crippen LogP contribution in [0.1, 0.15) is 6.23 Å². The maximum Gasteiger partial charge on any atom is 0.469 e. The highest BCUT2D eigenvalue weighted by Crippen LogP contribution is 2.38. The Balaban J connectivity index is 1.87. The van der Waals surface area contributed by atoms with Crippen molar-refractivity contribution in [2.45, 2.75) is 24.5 Å². The number of fused-ring (bicyclic) bond motifs is 1. The first-order valence-corrected chi connectivity index (χ1v) is 8.33. The Morgan fingerprint density at radius 1 is 1.39 bits per heavy atom. The average Bonchev–Trinajstić information content (AvgIpc) is 3.01. The maximum absolute atomic E-state index is 10.7. The summed E-state index contributed by atoms with van der Waals surface area (Å²) in [4.78, 5) is 28.2. The molecule has 4 atom stereocenters. The summed E-state index contributed by atoms with van der Waals surface area (Å²) in [5.41, 5.74) is 0.820. The Labute approximate surface area is 133 Å². The number of imidazole rings is 1. The fraction of sp³-hybridized carbons (Fsp3) is 0.500. The minimum absolute atomic E-state index is 0.256. The molecule has 3 rings (SSSR count). The lowest BCUT2D eigenvalue weighted by atomic mass is 10.1. The van der Waals surface area contributed by atoms with E-state index >= 15 is 0 Å². The molecule has 0 saturated carbocycles. The Bertz CT molecular complexity index is 819. The summed E-state index contributed by atoms with van der Waals surface area (Å²) < 4.78 is 22.2. The van der Waals surface area contributed by atoms with Gasteiger partial charge < -0.3 is 29.7 Å². The lowest BCUT2D eigenvalue weighted by Gasteiger charge is -2.16. The van der Waals surface area contributed by atoms with Gasteiger partial charge in [-0.15, -0.1) is 0 Å². The molecule has 0 amide bonds. The second kappa shape index (κ2) is 6.00. The molecule has 11 nitrogen and oxygen atoms in total. The van der Waals surface area contributed by atoms with Gasteiger partial charge in [0.05, 0.1) is 19.3 Å². The Morgan fingerprint density at radius 3 is 2.83 bits per heavy atom. The van der Waals surface area contributed by atoms with E-state index in [-0.39, 0.29) is 4.64 Å². The van der Waals surface area contributed by atoms with Gasteiger partial charge in [-0.05, 0) is 0 Å². The van der Waals surface area contributed by atoms with Gasteiger partial charge in [0, 0.05) is 0 Å². The number of rotatable bonds is 4. The number of nitrogens with one attached hydrogen (secondary N) is 1. The average molecular weight is 364 g/mol. The zero-order chi connectivity index (χ0) is 16.8. The molecule has 1 fully saturated rings. The van der Waals surface area contributed by atoms with Crippen molar-refractivity contribution >= 4 is 31.2 Å². The Hall–Kier alpha value is -1.24. The lowest BCUT2D eigenvalue weighted by molar-refractivity contribution is -0.0504. The molecule has 0 unspecified atom stereocenters. The largest absolute Gasteiger partial charge is 0.469 e. The number of aromatic amines is 1. The van der Waals surface area contributed by atoms with Gasteiger partial charge >= 0.3 is 7.82 Å². The van der Waals surface area contributed by atoms with Crippen LogP contribution in [0.25, 0.3) is 11.2 Å². The van der Waals surface area contributed by atoms with Crippen LogP contribution >= 0.6 is 20.0 Å². The molecule has 0 aliphatic carbocycles. The van der Waals surface area contributed by atoms with E-state index in [9.17, 15) is 14.8 Å². The van der Waals surface area contributed by atoms with Crippen LogP contribution < -0.4 is 0 Å². The summed E-state index contributed by atoms with van der Waals surface area (Å²) in [5, 5.41) is 20.1. The van der Waals surface area contributed by atoms with E-state index in [4.69, 9.17) is 26.7 Å². The van der Waals surface area contributed by atoms with Crippen molar-refractivity contribution in [3.05, 3.63) is 17.3 Å². The monoisotopic (exact) mass is 364 g/mol. The molecule has 5 N–H and O–H groups in total. The van der Waals surface area contributed by atoms with Gasteiger partial charge in [0.1, 0.15) is 29.5 Å². The molecule has 0 spiro atoms. The van der Waals surface area contributed by atoms with Crippen molar-refractivity contribution in [1.82, 2.24) is 19.5 Å². The highest BCUT2D eigenvalue weighted by atomic mass is 32.1. The summed E-state index contributed by atoms with van der Waals surface area (Å²) in [6.45, 7) is -0.580. The van der Waals surface area contributed by atoms with Gasteiger partial charge in [0.25, 0.3) is 0 Å². The standard InChI is InChI=1S/C10H13N4O7PS/c15-6-4(1-20-22(17,18)19)21-10(7(6)16)14-3-13-5-8(14)11-2-12-9(5)23/h2-4,6-7,10,15-16H,1H2,(H,11,12,23)(H2,17,18,19)/t4-,6-,7-,10-/m0/s1. The maximum atomic E-state index is 10.7. The van der Waals surface area contributed by atoms with E-state index in [1.165, 1.54) is 17.2 Å². The Kier molecular flexibility index (Phi) is 4.33. The van der Waals surface area contributed by atoms with Crippen LogP contribution in [0.5, 0.6) is 0 Å². The van der Waals surface area contributed by atoms with Crippen LogP contribution in [-0.2, 0) is 13.8 Å². The summed E-state index contributed by atoms with van der Waals surface area (Å²) in [7, 11) is -4.71. The number of hydrogen-bond donors (Lipinski definition) is 5. The number of phosphoric acid groups is 1. The number of aromatic nitrogens is 4. The molecular weight excluding hydrogens is 351 g/mol. The highest BCUT2D eigenvalue weighted by molar-refractivity contribution is 7.71. The Morgan fingerprint density at radius 2 is 2.13 bits per heavy atom. The van der Waals surface area contributed by atoms with Gasteiger partial charge in [-0.2, -0.15) is 0 Å². The molecular formula is C10H13N4O7PS. The number of hydrogen-bond acceptors (Lipinski definition) is 8. The minimum Gasteiger partial charge on any atom is -0.387 e. The van der Waals surface area contributed by atoms with E-state index in [2.05, 4.69) is 19.5 Å². The first-order chi connectivity index (χ1) is 10.8. The molecule has 0 radical (unpaired) electrons. The predicted octanol–water partition coefficient (Wildman–Crippen LogP) is -0.783. The van der Waals surface area contributed by atoms with Gasteiger partial charge in [-0.1, -0.05) is 12.2 Å². The lowest BCUT2D eigenvalue weighted by Crippen LogP contribution is -2.33. The SMILES string of the molecule is O=P(O)(O)OC[C@@H]1O[C@H](n2cnc3c(=S)nc[nH]c32)[C@@H](O)[C@H]1O.